The number of rotatable bonds is 5. The van der Waals surface area contributed by atoms with E-state index in [0.29, 0.717) is 17.8 Å². The molecule has 2 N–H and O–H groups in total. The molecule has 0 heterocycles. The molecule has 0 saturated heterocycles. The van der Waals surface area contributed by atoms with Crippen LogP contribution in [0.5, 0.6) is 0 Å². The number of aryl methyl sites for hydroxylation is 3. The van der Waals surface area contributed by atoms with Gasteiger partial charge < -0.3 is 5.32 Å². The van der Waals surface area contributed by atoms with Gasteiger partial charge in [-0.05, 0) is 49.6 Å². The molecule has 0 radical (unpaired) electrons. The Bertz CT molecular complexity index is 874. The average molecular weight is 346 g/mol. The Balaban J connectivity index is 2.13. The second kappa shape index (κ2) is 7.05. The molecule has 24 heavy (non-hydrogen) atoms. The normalized spacial score (nSPS) is 11.2. The number of hydrogen-bond donors (Lipinski definition) is 2. The predicted octanol–water partition coefficient (Wildman–Crippen LogP) is 2.91. The molecule has 2 aromatic rings. The molecular weight excluding hydrogens is 324 g/mol. The minimum Gasteiger partial charge on any atom is -0.348 e. The smallest absolute Gasteiger partial charge is 0.251 e. The zero-order valence-electron chi connectivity index (χ0n) is 14.3. The highest BCUT2D eigenvalue weighted by atomic mass is 32.2. The van der Waals surface area contributed by atoms with E-state index >= 15 is 0 Å². The van der Waals surface area contributed by atoms with Gasteiger partial charge in [0, 0.05) is 12.1 Å². The Morgan fingerprint density at radius 3 is 2.33 bits per heavy atom. The third-order valence-electron chi connectivity index (χ3n) is 3.73. The minimum absolute atomic E-state index is 0.244. The number of hydrogen-bond acceptors (Lipinski definition) is 3. The monoisotopic (exact) mass is 346 g/mol. The summed E-state index contributed by atoms with van der Waals surface area (Å²) in [5.74, 6) is -0.244. The number of anilines is 1. The van der Waals surface area contributed by atoms with Crippen LogP contribution in [0.2, 0.25) is 0 Å². The number of carbonyl (C=O) groups is 1. The lowest BCUT2D eigenvalue weighted by Gasteiger charge is -2.12. The van der Waals surface area contributed by atoms with Crippen LogP contribution in [0.1, 0.15) is 32.6 Å². The van der Waals surface area contributed by atoms with E-state index in [1.807, 2.05) is 26.0 Å². The van der Waals surface area contributed by atoms with Crippen LogP contribution in [0.4, 0.5) is 5.69 Å². The molecule has 0 spiro atoms. The summed E-state index contributed by atoms with van der Waals surface area (Å²) in [6.07, 6.45) is 1.08. The van der Waals surface area contributed by atoms with Crippen LogP contribution in [0, 0.1) is 20.8 Å². The van der Waals surface area contributed by atoms with Crippen LogP contribution in [0.3, 0.4) is 0 Å². The van der Waals surface area contributed by atoms with Crippen LogP contribution < -0.4 is 10.0 Å². The summed E-state index contributed by atoms with van der Waals surface area (Å²) < 4.78 is 25.2. The van der Waals surface area contributed by atoms with Crippen molar-refractivity contribution < 1.29 is 13.2 Å². The summed E-state index contributed by atoms with van der Waals surface area (Å²) in [6.45, 7) is 6.24. The Morgan fingerprint density at radius 1 is 1.00 bits per heavy atom. The maximum atomic E-state index is 12.3. The maximum Gasteiger partial charge on any atom is 0.251 e. The first-order chi connectivity index (χ1) is 11.2. The zero-order chi connectivity index (χ0) is 17.9. The van der Waals surface area contributed by atoms with E-state index in [1.165, 1.54) is 5.56 Å². The molecule has 0 aliphatic carbocycles. The summed E-state index contributed by atoms with van der Waals surface area (Å²) in [5, 5.41) is 2.87. The molecule has 0 aliphatic rings. The molecule has 0 atom stereocenters. The lowest BCUT2D eigenvalue weighted by atomic mass is 10.1. The Morgan fingerprint density at radius 2 is 1.71 bits per heavy atom. The summed E-state index contributed by atoms with van der Waals surface area (Å²) in [5.41, 5.74) is 4.94. The van der Waals surface area contributed by atoms with Gasteiger partial charge in [0.1, 0.15) is 0 Å². The fourth-order valence-corrected chi connectivity index (χ4v) is 3.01. The summed E-state index contributed by atoms with van der Waals surface area (Å²) in [4.78, 5) is 12.3. The van der Waals surface area contributed by atoms with E-state index < -0.39 is 10.0 Å². The Kier molecular flexibility index (Phi) is 5.29. The molecule has 2 aromatic carbocycles. The van der Waals surface area contributed by atoms with Crippen molar-refractivity contribution in [3.8, 4) is 0 Å². The highest BCUT2D eigenvalue weighted by Crippen LogP contribution is 2.18. The molecular formula is C18H22N2O3S. The van der Waals surface area contributed by atoms with E-state index in [-0.39, 0.29) is 5.91 Å². The van der Waals surface area contributed by atoms with E-state index in [9.17, 15) is 13.2 Å². The van der Waals surface area contributed by atoms with Crippen molar-refractivity contribution in [1.82, 2.24) is 5.32 Å². The Labute approximate surface area is 143 Å². The largest absolute Gasteiger partial charge is 0.348 e. The molecule has 1 amide bonds. The molecule has 0 saturated carbocycles. The third-order valence-corrected chi connectivity index (χ3v) is 4.32. The first-order valence-electron chi connectivity index (χ1n) is 7.58. The third kappa shape index (κ3) is 4.83. The topological polar surface area (TPSA) is 75.3 Å². The number of carbonyl (C=O) groups excluding carboxylic acids is 1. The van der Waals surface area contributed by atoms with Gasteiger partial charge in [0.05, 0.1) is 11.9 Å². The fraction of sp³-hybridized carbons (Fsp3) is 0.278. The Hall–Kier alpha value is -2.34. The standard InChI is InChI=1S/C18H22N2O3S/c1-12-5-7-16(14(3)9-12)11-19-18(21)15-8-6-13(2)17(10-15)20-24(4,22)23/h5-10,20H,11H2,1-4H3,(H,19,21). The highest BCUT2D eigenvalue weighted by molar-refractivity contribution is 7.92. The molecule has 0 aliphatic heterocycles. The van der Waals surface area contributed by atoms with Gasteiger partial charge in [-0.25, -0.2) is 8.42 Å². The molecule has 0 fully saturated rings. The summed E-state index contributed by atoms with van der Waals surface area (Å²) in [7, 11) is -3.39. The maximum absolute atomic E-state index is 12.3. The molecule has 6 heteroatoms. The number of sulfonamides is 1. The van der Waals surface area contributed by atoms with Crippen LogP contribution in [-0.4, -0.2) is 20.6 Å². The number of benzene rings is 2. The van der Waals surface area contributed by atoms with Crippen LogP contribution in [-0.2, 0) is 16.6 Å². The second-order valence-corrected chi connectivity index (χ2v) is 7.76. The van der Waals surface area contributed by atoms with Crippen molar-refractivity contribution in [1.29, 1.82) is 0 Å². The van der Waals surface area contributed by atoms with E-state index in [0.717, 1.165) is 22.9 Å². The highest BCUT2D eigenvalue weighted by Gasteiger charge is 2.11. The van der Waals surface area contributed by atoms with Gasteiger partial charge in [-0.2, -0.15) is 0 Å². The van der Waals surface area contributed by atoms with Gasteiger partial charge in [-0.15, -0.1) is 0 Å². The molecule has 2 rings (SSSR count). The number of amides is 1. The second-order valence-electron chi connectivity index (χ2n) is 6.02. The van der Waals surface area contributed by atoms with Crippen molar-refractivity contribution >= 4 is 21.6 Å². The van der Waals surface area contributed by atoms with Gasteiger partial charge in [-0.1, -0.05) is 29.8 Å². The van der Waals surface area contributed by atoms with E-state index in [4.69, 9.17) is 0 Å². The lowest BCUT2D eigenvalue weighted by molar-refractivity contribution is 0.0951. The van der Waals surface area contributed by atoms with Gasteiger partial charge >= 0.3 is 0 Å². The van der Waals surface area contributed by atoms with Crippen molar-refractivity contribution in [3.05, 3.63) is 64.2 Å². The zero-order valence-corrected chi connectivity index (χ0v) is 15.1. The average Bonchev–Trinajstić information content (AvgIpc) is 2.47. The van der Waals surface area contributed by atoms with Gasteiger partial charge in [0.25, 0.3) is 5.91 Å². The van der Waals surface area contributed by atoms with Crippen molar-refractivity contribution in [2.24, 2.45) is 0 Å². The molecule has 0 bridgehead atoms. The fourth-order valence-electron chi connectivity index (χ4n) is 2.39. The van der Waals surface area contributed by atoms with Crippen LogP contribution >= 0.6 is 0 Å². The molecule has 0 unspecified atom stereocenters. The molecule has 0 aromatic heterocycles. The van der Waals surface area contributed by atoms with Crippen molar-refractivity contribution in [2.75, 3.05) is 11.0 Å². The SMILES string of the molecule is Cc1ccc(CNC(=O)c2ccc(C)c(NS(C)(=O)=O)c2)c(C)c1. The van der Waals surface area contributed by atoms with Gasteiger partial charge in [0.2, 0.25) is 10.0 Å². The first kappa shape index (κ1) is 18.0. The van der Waals surface area contributed by atoms with Crippen molar-refractivity contribution in [2.45, 2.75) is 27.3 Å². The quantitative estimate of drug-likeness (QED) is 0.874. The van der Waals surface area contributed by atoms with Gasteiger partial charge in [0.15, 0.2) is 0 Å². The van der Waals surface area contributed by atoms with E-state index in [1.54, 1.807) is 25.1 Å². The first-order valence-corrected chi connectivity index (χ1v) is 9.47. The number of nitrogens with one attached hydrogen (secondary N) is 2. The van der Waals surface area contributed by atoms with Crippen LogP contribution in [0.15, 0.2) is 36.4 Å². The van der Waals surface area contributed by atoms with Gasteiger partial charge in [-0.3, -0.25) is 9.52 Å². The lowest BCUT2D eigenvalue weighted by Crippen LogP contribution is -2.23. The molecule has 128 valence electrons. The predicted molar refractivity (Wildman–Crippen MR) is 96.7 cm³/mol. The van der Waals surface area contributed by atoms with E-state index in [2.05, 4.69) is 16.1 Å². The summed E-state index contributed by atoms with van der Waals surface area (Å²) >= 11 is 0. The molecule has 5 nitrogen and oxygen atoms in total. The van der Waals surface area contributed by atoms with Crippen molar-refractivity contribution in [3.63, 3.8) is 0 Å². The van der Waals surface area contributed by atoms with Crippen LogP contribution in [0.25, 0.3) is 0 Å². The minimum atomic E-state index is -3.39. The summed E-state index contributed by atoms with van der Waals surface area (Å²) in [6, 6.07) is 11.0.